The van der Waals surface area contributed by atoms with Gasteiger partial charge in [-0.25, -0.2) is 8.78 Å². The molecule has 0 aliphatic rings. The van der Waals surface area contributed by atoms with Gasteiger partial charge in [0, 0.05) is 6.07 Å². The minimum atomic E-state index is -1.10. The first-order chi connectivity index (χ1) is 9.52. The summed E-state index contributed by atoms with van der Waals surface area (Å²) in [6.45, 7) is 1.88. The maximum atomic E-state index is 13.6. The number of rotatable bonds is 3. The molecule has 2 aromatic rings. The van der Waals surface area contributed by atoms with Crippen LogP contribution in [0.25, 0.3) is 0 Å². The molecule has 0 spiro atoms. The molecule has 2 nitrogen and oxygen atoms in total. The van der Waals surface area contributed by atoms with Crippen LogP contribution in [0.4, 0.5) is 8.78 Å². The summed E-state index contributed by atoms with van der Waals surface area (Å²) in [4.78, 5) is 12.2. The lowest BCUT2D eigenvalue weighted by Crippen LogP contribution is -2.13. The highest BCUT2D eigenvalue weighted by molar-refractivity contribution is 6.02. The van der Waals surface area contributed by atoms with Crippen LogP contribution in [-0.4, -0.2) is 5.78 Å². The molecule has 0 aliphatic heterocycles. The zero-order chi connectivity index (χ0) is 14.7. The monoisotopic (exact) mass is 271 g/mol. The number of Topliss-reactive ketones (excluding diaryl/α,β-unsaturated/α-hetero) is 1. The molecule has 0 radical (unpaired) electrons. The van der Waals surface area contributed by atoms with E-state index in [9.17, 15) is 13.6 Å². The van der Waals surface area contributed by atoms with Crippen LogP contribution in [-0.2, 0) is 0 Å². The third-order valence-corrected chi connectivity index (χ3v) is 3.00. The van der Waals surface area contributed by atoms with Gasteiger partial charge in [-0.2, -0.15) is 5.26 Å². The average Bonchev–Trinajstić information content (AvgIpc) is 2.41. The zero-order valence-corrected chi connectivity index (χ0v) is 10.7. The van der Waals surface area contributed by atoms with E-state index in [0.717, 1.165) is 17.7 Å². The predicted molar refractivity (Wildman–Crippen MR) is 70.2 cm³/mol. The number of hydrogen-bond donors (Lipinski definition) is 0. The number of carbonyl (C=O) groups excluding carboxylic acids is 1. The maximum absolute atomic E-state index is 13.6. The van der Waals surface area contributed by atoms with Gasteiger partial charge in [0.25, 0.3) is 0 Å². The normalized spacial score (nSPS) is 11.7. The van der Waals surface area contributed by atoms with Crippen LogP contribution >= 0.6 is 0 Å². The lowest BCUT2D eigenvalue weighted by atomic mass is 9.91. The van der Waals surface area contributed by atoms with Crippen LogP contribution < -0.4 is 0 Å². The first-order valence-electron chi connectivity index (χ1n) is 5.98. The molecule has 0 fully saturated rings. The molecule has 20 heavy (non-hydrogen) atoms. The van der Waals surface area contributed by atoms with Crippen molar-refractivity contribution in [1.29, 1.82) is 5.26 Å². The Bertz CT molecular complexity index is 687. The van der Waals surface area contributed by atoms with Gasteiger partial charge in [0.1, 0.15) is 17.6 Å². The fourth-order valence-electron chi connectivity index (χ4n) is 1.89. The predicted octanol–water partition coefficient (Wildman–Crippen LogP) is 3.76. The Hall–Kier alpha value is -2.54. The number of aryl methyl sites for hydroxylation is 1. The minimum Gasteiger partial charge on any atom is -0.292 e. The second kappa shape index (κ2) is 5.62. The number of carbonyl (C=O) groups is 1. The summed E-state index contributed by atoms with van der Waals surface area (Å²) >= 11 is 0. The smallest absolute Gasteiger partial charge is 0.187 e. The van der Waals surface area contributed by atoms with Crippen LogP contribution in [0.2, 0.25) is 0 Å². The summed E-state index contributed by atoms with van der Waals surface area (Å²) in [5.41, 5.74) is 1.20. The van der Waals surface area contributed by atoms with E-state index in [4.69, 9.17) is 5.26 Å². The van der Waals surface area contributed by atoms with Crippen molar-refractivity contribution in [3.8, 4) is 6.07 Å². The quantitative estimate of drug-likeness (QED) is 0.797. The summed E-state index contributed by atoms with van der Waals surface area (Å²) in [5.74, 6) is -3.49. The van der Waals surface area contributed by atoms with Gasteiger partial charge in [-0.05, 0) is 24.6 Å². The summed E-state index contributed by atoms with van der Waals surface area (Å²) in [5, 5.41) is 9.16. The van der Waals surface area contributed by atoms with E-state index in [2.05, 4.69) is 0 Å². The summed E-state index contributed by atoms with van der Waals surface area (Å²) < 4.78 is 26.5. The maximum Gasteiger partial charge on any atom is 0.187 e. The number of nitrogens with zero attached hydrogens (tertiary/aromatic N) is 1. The fraction of sp³-hybridized carbons (Fsp3) is 0.125. The van der Waals surface area contributed by atoms with E-state index in [0.29, 0.717) is 11.6 Å². The molecule has 0 heterocycles. The van der Waals surface area contributed by atoms with Crippen molar-refractivity contribution < 1.29 is 13.6 Å². The Balaban J connectivity index is 2.39. The van der Waals surface area contributed by atoms with Crippen molar-refractivity contribution in [1.82, 2.24) is 0 Å². The van der Waals surface area contributed by atoms with Gasteiger partial charge in [-0.3, -0.25) is 4.79 Å². The Morgan fingerprint density at radius 3 is 2.35 bits per heavy atom. The molecule has 0 saturated heterocycles. The highest BCUT2D eigenvalue weighted by atomic mass is 19.1. The van der Waals surface area contributed by atoms with Crippen molar-refractivity contribution in [2.24, 2.45) is 0 Å². The average molecular weight is 271 g/mol. The molecule has 0 saturated carbocycles. The number of halogens is 2. The van der Waals surface area contributed by atoms with Crippen molar-refractivity contribution in [2.45, 2.75) is 12.8 Å². The van der Waals surface area contributed by atoms with Gasteiger partial charge in [0.15, 0.2) is 5.78 Å². The highest BCUT2D eigenvalue weighted by Gasteiger charge is 2.24. The zero-order valence-electron chi connectivity index (χ0n) is 10.7. The van der Waals surface area contributed by atoms with Crippen molar-refractivity contribution in [3.63, 3.8) is 0 Å². The number of hydrogen-bond acceptors (Lipinski definition) is 2. The largest absolute Gasteiger partial charge is 0.292 e. The highest BCUT2D eigenvalue weighted by Crippen LogP contribution is 2.22. The Morgan fingerprint density at radius 2 is 1.80 bits per heavy atom. The molecular weight excluding hydrogens is 260 g/mol. The standard InChI is InChI=1S/C16H11F2NO/c1-10-2-4-11(5-3-10)14(9-19)16(20)13-7-6-12(17)8-15(13)18/h2-8,14H,1H3. The van der Waals surface area contributed by atoms with Gasteiger partial charge < -0.3 is 0 Å². The Kier molecular flexibility index (Phi) is 3.90. The lowest BCUT2D eigenvalue weighted by Gasteiger charge is -2.09. The number of benzene rings is 2. The number of ketones is 1. The van der Waals surface area contributed by atoms with Crippen LogP contribution in [0.3, 0.4) is 0 Å². The molecule has 0 aromatic heterocycles. The van der Waals surface area contributed by atoms with Crippen molar-refractivity contribution in [3.05, 3.63) is 70.8 Å². The molecule has 0 aliphatic carbocycles. The number of nitriles is 1. The van der Waals surface area contributed by atoms with Gasteiger partial charge in [-0.15, -0.1) is 0 Å². The van der Waals surface area contributed by atoms with Gasteiger partial charge in [0.05, 0.1) is 11.6 Å². The summed E-state index contributed by atoms with van der Waals surface area (Å²) in [6, 6.07) is 11.4. The molecule has 4 heteroatoms. The first-order valence-corrected chi connectivity index (χ1v) is 5.98. The van der Waals surface area contributed by atoms with E-state index in [1.807, 2.05) is 13.0 Å². The van der Waals surface area contributed by atoms with Gasteiger partial charge in [-0.1, -0.05) is 29.8 Å². The third-order valence-electron chi connectivity index (χ3n) is 3.00. The minimum absolute atomic E-state index is 0.279. The topological polar surface area (TPSA) is 40.9 Å². The summed E-state index contributed by atoms with van der Waals surface area (Å²) in [7, 11) is 0. The molecule has 0 N–H and O–H groups in total. The van der Waals surface area contributed by atoms with E-state index in [-0.39, 0.29) is 5.56 Å². The van der Waals surface area contributed by atoms with Gasteiger partial charge >= 0.3 is 0 Å². The SMILES string of the molecule is Cc1ccc(C(C#N)C(=O)c2ccc(F)cc2F)cc1. The lowest BCUT2D eigenvalue weighted by molar-refractivity contribution is 0.0975. The molecule has 0 amide bonds. The van der Waals surface area contributed by atoms with Crippen LogP contribution in [0.1, 0.15) is 27.4 Å². The van der Waals surface area contributed by atoms with E-state index in [1.165, 1.54) is 0 Å². The Morgan fingerprint density at radius 1 is 1.15 bits per heavy atom. The second-order valence-electron chi connectivity index (χ2n) is 4.46. The fourth-order valence-corrected chi connectivity index (χ4v) is 1.89. The second-order valence-corrected chi connectivity index (χ2v) is 4.46. The van der Waals surface area contributed by atoms with E-state index in [1.54, 1.807) is 24.3 Å². The van der Waals surface area contributed by atoms with Crippen LogP contribution in [0.15, 0.2) is 42.5 Å². The van der Waals surface area contributed by atoms with E-state index < -0.39 is 23.3 Å². The third kappa shape index (κ3) is 2.72. The van der Waals surface area contributed by atoms with Crippen molar-refractivity contribution >= 4 is 5.78 Å². The van der Waals surface area contributed by atoms with Crippen LogP contribution in [0.5, 0.6) is 0 Å². The molecule has 1 unspecified atom stereocenters. The first kappa shape index (κ1) is 13.9. The van der Waals surface area contributed by atoms with E-state index >= 15 is 0 Å². The molecule has 2 rings (SSSR count). The molecule has 2 aromatic carbocycles. The molecule has 100 valence electrons. The van der Waals surface area contributed by atoms with Crippen molar-refractivity contribution in [2.75, 3.05) is 0 Å². The Labute approximate surface area is 115 Å². The molecule has 0 bridgehead atoms. The summed E-state index contributed by atoms with van der Waals surface area (Å²) in [6.07, 6.45) is 0. The molecule has 1 atom stereocenters. The molecular formula is C16H11F2NO. The van der Waals surface area contributed by atoms with Crippen LogP contribution in [0, 0.1) is 29.9 Å². The van der Waals surface area contributed by atoms with Gasteiger partial charge in [0.2, 0.25) is 0 Å².